The van der Waals surface area contributed by atoms with Gasteiger partial charge in [-0.15, -0.1) is 0 Å². The van der Waals surface area contributed by atoms with Crippen molar-refractivity contribution in [1.82, 2.24) is 15.0 Å². The number of hydrogen-bond donors (Lipinski definition) is 1. The Bertz CT molecular complexity index is 1400. The molecule has 0 aliphatic rings. The van der Waals surface area contributed by atoms with E-state index >= 15 is 0 Å². The Labute approximate surface area is 179 Å². The highest BCUT2D eigenvalue weighted by Gasteiger charge is 2.15. The Hall–Kier alpha value is -4.19. The van der Waals surface area contributed by atoms with Gasteiger partial charge in [-0.1, -0.05) is 42.5 Å². The second kappa shape index (κ2) is 7.91. The first-order valence-corrected chi connectivity index (χ1v) is 9.86. The number of hydrogen-bond acceptors (Lipinski definition) is 6. The van der Waals surface area contributed by atoms with E-state index in [9.17, 15) is 0 Å². The van der Waals surface area contributed by atoms with Crippen LogP contribution in [0.5, 0.6) is 11.5 Å². The summed E-state index contributed by atoms with van der Waals surface area (Å²) in [6, 6.07) is 21.8. The third-order valence-corrected chi connectivity index (χ3v) is 5.18. The average molecular weight is 408 g/mol. The zero-order valence-corrected chi connectivity index (χ0v) is 17.2. The van der Waals surface area contributed by atoms with E-state index < -0.39 is 0 Å². The minimum absolute atomic E-state index is 0.512. The molecule has 0 atom stereocenters. The first kappa shape index (κ1) is 18.8. The van der Waals surface area contributed by atoms with Gasteiger partial charge in [0.05, 0.1) is 37.1 Å². The Morgan fingerprint density at radius 3 is 2.35 bits per heavy atom. The summed E-state index contributed by atoms with van der Waals surface area (Å²) >= 11 is 0. The Kier molecular flexibility index (Phi) is 4.80. The molecule has 0 spiro atoms. The molecule has 0 unspecified atom stereocenters. The number of anilines is 2. The van der Waals surface area contributed by atoms with Crippen LogP contribution in [0.4, 0.5) is 11.6 Å². The molecule has 2 aromatic heterocycles. The fourth-order valence-electron chi connectivity index (χ4n) is 3.69. The van der Waals surface area contributed by atoms with Gasteiger partial charge in [0.2, 0.25) is 5.95 Å². The van der Waals surface area contributed by atoms with Crippen LogP contribution in [-0.4, -0.2) is 29.2 Å². The van der Waals surface area contributed by atoms with Crippen molar-refractivity contribution in [3.8, 4) is 22.6 Å². The van der Waals surface area contributed by atoms with Crippen LogP contribution in [0.15, 0.2) is 79.1 Å². The van der Waals surface area contributed by atoms with E-state index in [0.29, 0.717) is 17.4 Å². The molecule has 6 nitrogen and oxygen atoms in total. The van der Waals surface area contributed by atoms with Crippen LogP contribution >= 0.6 is 0 Å². The maximum atomic E-state index is 5.53. The number of aromatic nitrogens is 3. The lowest BCUT2D eigenvalue weighted by Gasteiger charge is -2.16. The van der Waals surface area contributed by atoms with Gasteiger partial charge in [0, 0.05) is 22.5 Å². The largest absolute Gasteiger partial charge is 0.493 e. The molecule has 0 saturated heterocycles. The molecule has 0 saturated carbocycles. The van der Waals surface area contributed by atoms with E-state index in [1.807, 2.05) is 73.1 Å². The second-order valence-corrected chi connectivity index (χ2v) is 7.01. The van der Waals surface area contributed by atoms with Gasteiger partial charge in [-0.2, -0.15) is 0 Å². The molecule has 0 aliphatic heterocycles. The lowest BCUT2D eigenvalue weighted by Crippen LogP contribution is -2.00. The van der Waals surface area contributed by atoms with Crippen molar-refractivity contribution < 1.29 is 9.47 Å². The quantitative estimate of drug-likeness (QED) is 0.408. The summed E-state index contributed by atoms with van der Waals surface area (Å²) in [4.78, 5) is 13.8. The predicted molar refractivity (Wildman–Crippen MR) is 123 cm³/mol. The molecule has 2 heterocycles. The summed E-state index contributed by atoms with van der Waals surface area (Å²) in [6.45, 7) is 0. The number of pyridine rings is 1. The zero-order chi connectivity index (χ0) is 21.2. The van der Waals surface area contributed by atoms with Gasteiger partial charge in [-0.3, -0.25) is 4.98 Å². The molecule has 31 heavy (non-hydrogen) atoms. The molecule has 0 fully saturated rings. The SMILES string of the molecule is COc1ccc(-c2c(Nc3ncc4ccccc4n3)cnc3ccccc23)cc1OC. The van der Waals surface area contributed by atoms with E-state index in [0.717, 1.165) is 38.6 Å². The molecule has 1 N–H and O–H groups in total. The third kappa shape index (κ3) is 3.48. The van der Waals surface area contributed by atoms with Crippen molar-refractivity contribution in [2.45, 2.75) is 0 Å². The lowest BCUT2D eigenvalue weighted by molar-refractivity contribution is 0.355. The summed E-state index contributed by atoms with van der Waals surface area (Å²) in [7, 11) is 3.26. The highest BCUT2D eigenvalue weighted by atomic mass is 16.5. The molecular weight excluding hydrogens is 388 g/mol. The molecule has 0 radical (unpaired) electrons. The fourth-order valence-corrected chi connectivity index (χ4v) is 3.69. The Balaban J connectivity index is 1.68. The molecule has 0 aliphatic carbocycles. The highest BCUT2D eigenvalue weighted by Crippen LogP contribution is 2.39. The zero-order valence-electron chi connectivity index (χ0n) is 17.2. The minimum atomic E-state index is 0.512. The van der Waals surface area contributed by atoms with Crippen LogP contribution in [0.3, 0.4) is 0 Å². The van der Waals surface area contributed by atoms with Crippen molar-refractivity contribution in [3.63, 3.8) is 0 Å². The van der Waals surface area contributed by atoms with Crippen LogP contribution in [0.2, 0.25) is 0 Å². The maximum absolute atomic E-state index is 5.53. The smallest absolute Gasteiger partial charge is 0.227 e. The van der Waals surface area contributed by atoms with Gasteiger partial charge in [0.1, 0.15) is 0 Å². The van der Waals surface area contributed by atoms with Crippen molar-refractivity contribution in [3.05, 3.63) is 79.1 Å². The summed E-state index contributed by atoms with van der Waals surface area (Å²) in [5.41, 5.74) is 4.54. The molecular formula is C25H20N4O2. The first-order chi connectivity index (χ1) is 15.3. The second-order valence-electron chi connectivity index (χ2n) is 7.01. The fraction of sp³-hybridized carbons (Fsp3) is 0.0800. The number of nitrogens with one attached hydrogen (secondary N) is 1. The van der Waals surface area contributed by atoms with Crippen LogP contribution in [0.25, 0.3) is 32.9 Å². The molecule has 0 bridgehead atoms. The molecule has 3 aromatic carbocycles. The number of rotatable bonds is 5. The number of fused-ring (bicyclic) bond motifs is 2. The minimum Gasteiger partial charge on any atom is -0.493 e. The van der Waals surface area contributed by atoms with Crippen molar-refractivity contribution in [1.29, 1.82) is 0 Å². The predicted octanol–water partition coefficient (Wildman–Crippen LogP) is 5.61. The number of ether oxygens (including phenoxy) is 2. The first-order valence-electron chi connectivity index (χ1n) is 9.86. The normalized spacial score (nSPS) is 10.9. The number of methoxy groups -OCH3 is 2. The van der Waals surface area contributed by atoms with Crippen molar-refractivity contribution >= 4 is 33.4 Å². The van der Waals surface area contributed by atoms with Gasteiger partial charge in [-0.25, -0.2) is 9.97 Å². The summed E-state index contributed by atoms with van der Waals surface area (Å²) in [6.07, 6.45) is 3.63. The average Bonchev–Trinajstić information content (AvgIpc) is 2.83. The van der Waals surface area contributed by atoms with E-state index in [4.69, 9.17) is 9.47 Å². The van der Waals surface area contributed by atoms with Gasteiger partial charge in [-0.05, 0) is 29.8 Å². The van der Waals surface area contributed by atoms with Crippen LogP contribution < -0.4 is 14.8 Å². The van der Waals surface area contributed by atoms with Gasteiger partial charge in [0.15, 0.2) is 11.5 Å². The lowest BCUT2D eigenvalue weighted by atomic mass is 9.99. The molecule has 6 heteroatoms. The molecule has 5 aromatic rings. The van der Waals surface area contributed by atoms with Gasteiger partial charge >= 0.3 is 0 Å². The van der Waals surface area contributed by atoms with Crippen LogP contribution in [0.1, 0.15) is 0 Å². The van der Waals surface area contributed by atoms with Crippen molar-refractivity contribution in [2.24, 2.45) is 0 Å². The van der Waals surface area contributed by atoms with E-state index in [2.05, 4.69) is 26.3 Å². The summed E-state index contributed by atoms with van der Waals surface area (Å²) < 4.78 is 10.9. The highest BCUT2D eigenvalue weighted by molar-refractivity contribution is 6.01. The molecule has 5 rings (SSSR count). The Morgan fingerprint density at radius 2 is 1.52 bits per heavy atom. The standard InChI is InChI=1S/C25H20N4O2/c1-30-22-12-11-16(13-23(22)31-2)24-18-8-4-6-10-20(18)26-15-21(24)29-25-27-14-17-7-3-5-9-19(17)28-25/h3-15H,1-2H3,(H,27,28,29). The van der Waals surface area contributed by atoms with E-state index in [1.54, 1.807) is 14.2 Å². The topological polar surface area (TPSA) is 69.2 Å². The van der Waals surface area contributed by atoms with Crippen LogP contribution in [-0.2, 0) is 0 Å². The van der Waals surface area contributed by atoms with E-state index in [1.165, 1.54) is 0 Å². The van der Waals surface area contributed by atoms with Gasteiger partial charge < -0.3 is 14.8 Å². The number of benzene rings is 3. The molecule has 0 amide bonds. The van der Waals surface area contributed by atoms with Crippen molar-refractivity contribution in [2.75, 3.05) is 19.5 Å². The number of nitrogens with zero attached hydrogens (tertiary/aromatic N) is 3. The number of para-hydroxylation sites is 2. The Morgan fingerprint density at radius 1 is 0.742 bits per heavy atom. The summed E-state index contributed by atoms with van der Waals surface area (Å²) in [5, 5.41) is 5.37. The van der Waals surface area contributed by atoms with Gasteiger partial charge in [0.25, 0.3) is 0 Å². The monoisotopic (exact) mass is 408 g/mol. The van der Waals surface area contributed by atoms with Crippen LogP contribution in [0, 0.1) is 0 Å². The van der Waals surface area contributed by atoms with E-state index in [-0.39, 0.29) is 0 Å². The maximum Gasteiger partial charge on any atom is 0.227 e. The molecule has 152 valence electrons. The third-order valence-electron chi connectivity index (χ3n) is 5.18. The summed E-state index contributed by atoms with van der Waals surface area (Å²) in [5.74, 6) is 1.85.